The Morgan fingerprint density at radius 1 is 0.778 bits per heavy atom. The van der Waals surface area contributed by atoms with E-state index in [0.717, 1.165) is 6.54 Å². The zero-order chi connectivity index (χ0) is 14.1. The molecule has 1 unspecified atom stereocenters. The summed E-state index contributed by atoms with van der Waals surface area (Å²) in [5, 5.41) is 3.67. The molecule has 1 atom stereocenters. The second kappa shape index (κ2) is 8.96. The van der Waals surface area contributed by atoms with Crippen LogP contribution in [0, 0.1) is 5.41 Å². The van der Waals surface area contributed by atoms with E-state index in [-0.39, 0.29) is 5.54 Å². The van der Waals surface area contributed by atoms with Gasteiger partial charge in [-0.1, -0.05) is 59.3 Å². The first-order chi connectivity index (χ1) is 8.33. The molecule has 0 amide bonds. The molecule has 0 aromatic rings. The van der Waals surface area contributed by atoms with E-state index >= 15 is 0 Å². The van der Waals surface area contributed by atoms with E-state index in [1.165, 1.54) is 51.4 Å². The van der Waals surface area contributed by atoms with E-state index in [0.29, 0.717) is 5.41 Å². The quantitative estimate of drug-likeness (QED) is 0.505. The lowest BCUT2D eigenvalue weighted by atomic mass is 9.81. The number of nitrogens with one attached hydrogen (secondary N) is 1. The molecule has 0 aliphatic carbocycles. The molecule has 0 heterocycles. The molecule has 1 heteroatoms. The summed E-state index contributed by atoms with van der Waals surface area (Å²) >= 11 is 0. The monoisotopic (exact) mass is 255 g/mol. The zero-order valence-electron chi connectivity index (χ0n) is 13.9. The Morgan fingerprint density at radius 3 is 1.83 bits per heavy atom. The molecule has 1 nitrogen and oxygen atoms in total. The lowest BCUT2D eigenvalue weighted by Gasteiger charge is -2.33. The zero-order valence-corrected chi connectivity index (χ0v) is 13.9. The van der Waals surface area contributed by atoms with Crippen LogP contribution in [0.2, 0.25) is 0 Å². The highest BCUT2D eigenvalue weighted by Crippen LogP contribution is 2.28. The summed E-state index contributed by atoms with van der Waals surface area (Å²) in [5.74, 6) is 0. The molecule has 0 aromatic heterocycles. The fraction of sp³-hybridized carbons (Fsp3) is 1.00. The predicted octanol–water partition coefficient (Wildman–Crippen LogP) is 5.54. The Balaban J connectivity index is 3.79. The van der Waals surface area contributed by atoms with Crippen LogP contribution in [0.25, 0.3) is 0 Å². The molecule has 18 heavy (non-hydrogen) atoms. The molecular weight excluding hydrogens is 218 g/mol. The van der Waals surface area contributed by atoms with E-state index in [2.05, 4.69) is 46.9 Å². The van der Waals surface area contributed by atoms with Crippen molar-refractivity contribution in [3.05, 3.63) is 0 Å². The second-order valence-electron chi connectivity index (χ2n) is 7.29. The van der Waals surface area contributed by atoms with Crippen LogP contribution >= 0.6 is 0 Å². The first-order valence-corrected chi connectivity index (χ1v) is 8.08. The third-order valence-electron chi connectivity index (χ3n) is 4.03. The molecule has 0 saturated heterocycles. The minimum atomic E-state index is 0.248. The first kappa shape index (κ1) is 18.0. The van der Waals surface area contributed by atoms with Crippen LogP contribution in [0.15, 0.2) is 0 Å². The first-order valence-electron chi connectivity index (χ1n) is 8.08. The topological polar surface area (TPSA) is 12.0 Å². The van der Waals surface area contributed by atoms with Gasteiger partial charge in [-0.25, -0.2) is 0 Å². The van der Waals surface area contributed by atoms with Gasteiger partial charge in [0.15, 0.2) is 0 Å². The molecule has 0 aromatic carbocycles. The van der Waals surface area contributed by atoms with Gasteiger partial charge in [-0.2, -0.15) is 0 Å². The van der Waals surface area contributed by atoms with E-state index in [1.807, 2.05) is 0 Å². The van der Waals surface area contributed by atoms with Crippen molar-refractivity contribution in [1.29, 1.82) is 0 Å². The molecular formula is C17H37N. The van der Waals surface area contributed by atoms with Crippen LogP contribution in [0.4, 0.5) is 0 Å². The molecule has 0 aliphatic heterocycles. The van der Waals surface area contributed by atoms with Crippen LogP contribution in [-0.2, 0) is 0 Å². The third kappa shape index (κ3) is 9.94. The van der Waals surface area contributed by atoms with E-state index in [4.69, 9.17) is 0 Å². The van der Waals surface area contributed by atoms with Crippen LogP contribution in [0.1, 0.15) is 92.9 Å². The summed E-state index contributed by atoms with van der Waals surface area (Å²) in [6, 6.07) is 0. The number of hydrogen-bond donors (Lipinski definition) is 1. The highest BCUT2D eigenvalue weighted by Gasteiger charge is 2.23. The fourth-order valence-corrected chi connectivity index (χ4v) is 2.20. The maximum Gasteiger partial charge on any atom is 0.00967 e. The summed E-state index contributed by atoms with van der Waals surface area (Å²) in [5.41, 5.74) is 0.732. The smallest absolute Gasteiger partial charge is 0.00967 e. The minimum Gasteiger partial charge on any atom is -0.312 e. The Morgan fingerprint density at radius 2 is 1.33 bits per heavy atom. The fourth-order valence-electron chi connectivity index (χ4n) is 2.20. The van der Waals surface area contributed by atoms with Crippen molar-refractivity contribution in [2.75, 3.05) is 6.54 Å². The van der Waals surface area contributed by atoms with E-state index in [1.54, 1.807) is 0 Å². The number of unbranched alkanes of at least 4 members (excludes halogenated alkanes) is 5. The molecule has 1 N–H and O–H groups in total. The van der Waals surface area contributed by atoms with Crippen molar-refractivity contribution in [2.45, 2.75) is 98.4 Å². The van der Waals surface area contributed by atoms with Gasteiger partial charge < -0.3 is 5.32 Å². The Labute approximate surface area is 116 Å². The molecule has 0 radical (unpaired) electrons. The summed E-state index contributed by atoms with van der Waals surface area (Å²) in [4.78, 5) is 0. The van der Waals surface area contributed by atoms with Gasteiger partial charge in [-0.05, 0) is 39.0 Å². The maximum atomic E-state index is 3.67. The molecule has 0 bridgehead atoms. The average molecular weight is 255 g/mol. The van der Waals surface area contributed by atoms with Gasteiger partial charge in [0.2, 0.25) is 0 Å². The maximum absolute atomic E-state index is 3.67. The predicted molar refractivity (Wildman–Crippen MR) is 84.1 cm³/mol. The molecule has 0 aliphatic rings. The summed E-state index contributed by atoms with van der Waals surface area (Å²) in [7, 11) is 0. The molecule has 0 rings (SSSR count). The molecule has 0 fully saturated rings. The lowest BCUT2D eigenvalue weighted by Crippen LogP contribution is -2.42. The molecule has 0 spiro atoms. The van der Waals surface area contributed by atoms with Gasteiger partial charge in [0.25, 0.3) is 0 Å². The summed E-state index contributed by atoms with van der Waals surface area (Å²) in [6.07, 6.45) is 11.1. The highest BCUT2D eigenvalue weighted by atomic mass is 15.0. The molecule has 110 valence electrons. The third-order valence-corrected chi connectivity index (χ3v) is 4.03. The average Bonchev–Trinajstić information content (AvgIpc) is 2.30. The largest absolute Gasteiger partial charge is 0.312 e. The van der Waals surface area contributed by atoms with Crippen LogP contribution in [-0.4, -0.2) is 12.1 Å². The number of rotatable bonds is 10. The Kier molecular flexibility index (Phi) is 8.94. The minimum absolute atomic E-state index is 0.248. The van der Waals surface area contributed by atoms with E-state index < -0.39 is 0 Å². The van der Waals surface area contributed by atoms with E-state index in [9.17, 15) is 0 Å². The van der Waals surface area contributed by atoms with Crippen molar-refractivity contribution in [3.8, 4) is 0 Å². The van der Waals surface area contributed by atoms with Crippen molar-refractivity contribution >= 4 is 0 Å². The van der Waals surface area contributed by atoms with Crippen LogP contribution in [0.5, 0.6) is 0 Å². The van der Waals surface area contributed by atoms with Crippen molar-refractivity contribution in [1.82, 2.24) is 5.32 Å². The second-order valence-corrected chi connectivity index (χ2v) is 7.29. The Hall–Kier alpha value is -0.0400. The highest BCUT2D eigenvalue weighted by molar-refractivity contribution is 4.80. The van der Waals surface area contributed by atoms with Gasteiger partial charge in [0.05, 0.1) is 0 Å². The number of hydrogen-bond acceptors (Lipinski definition) is 1. The van der Waals surface area contributed by atoms with Gasteiger partial charge in [-0.3, -0.25) is 0 Å². The van der Waals surface area contributed by atoms with Crippen molar-refractivity contribution in [2.24, 2.45) is 5.41 Å². The molecule has 0 saturated carbocycles. The van der Waals surface area contributed by atoms with Crippen molar-refractivity contribution < 1.29 is 0 Å². The van der Waals surface area contributed by atoms with Crippen LogP contribution in [0.3, 0.4) is 0 Å². The normalized spacial score (nSPS) is 15.7. The van der Waals surface area contributed by atoms with Gasteiger partial charge in [0.1, 0.15) is 0 Å². The van der Waals surface area contributed by atoms with Gasteiger partial charge in [0, 0.05) is 12.1 Å². The Bertz CT molecular complexity index is 192. The summed E-state index contributed by atoms with van der Waals surface area (Å²) < 4.78 is 0. The van der Waals surface area contributed by atoms with Gasteiger partial charge >= 0.3 is 0 Å². The lowest BCUT2D eigenvalue weighted by molar-refractivity contribution is 0.231. The summed E-state index contributed by atoms with van der Waals surface area (Å²) in [6.45, 7) is 15.0. The van der Waals surface area contributed by atoms with Gasteiger partial charge in [-0.15, -0.1) is 0 Å². The van der Waals surface area contributed by atoms with Crippen LogP contribution < -0.4 is 5.32 Å². The SMILES string of the molecule is CCCCCCCCC(C)(CC)CNC(C)(C)C. The standard InChI is InChI=1S/C17H37N/c1-7-9-10-11-12-13-14-17(6,8-2)15-18-16(3,4)5/h18H,7-15H2,1-6H3. The van der Waals surface area contributed by atoms with Crippen molar-refractivity contribution in [3.63, 3.8) is 0 Å².